The maximum atomic E-state index is 5.52. The molecule has 1 atom stereocenters. The quantitative estimate of drug-likeness (QED) is 0.748. The van der Waals surface area contributed by atoms with E-state index in [2.05, 4.69) is 42.2 Å². The van der Waals surface area contributed by atoms with E-state index < -0.39 is 0 Å². The Balaban J connectivity index is 1.78. The van der Waals surface area contributed by atoms with Gasteiger partial charge in [0.05, 0.1) is 12.7 Å². The van der Waals surface area contributed by atoms with Crippen LogP contribution in [0.2, 0.25) is 0 Å². The van der Waals surface area contributed by atoms with Gasteiger partial charge >= 0.3 is 0 Å². The standard InChI is InChI=1S/C13H19NO/c1-12-11-14(9-10-15-12)8-7-13-5-3-2-4-6-13/h2-6,12H,7-11H2,1H3/t12-/m1/s1. The Labute approximate surface area is 91.9 Å². The number of nitrogens with zero attached hydrogens (tertiary/aromatic N) is 1. The van der Waals surface area contributed by atoms with E-state index in [4.69, 9.17) is 4.74 Å². The van der Waals surface area contributed by atoms with Crippen molar-refractivity contribution >= 4 is 0 Å². The number of morpholine rings is 1. The van der Waals surface area contributed by atoms with Gasteiger partial charge in [0.2, 0.25) is 0 Å². The van der Waals surface area contributed by atoms with E-state index in [9.17, 15) is 0 Å². The molecule has 1 aromatic rings. The molecule has 0 aliphatic carbocycles. The summed E-state index contributed by atoms with van der Waals surface area (Å²) in [6.07, 6.45) is 1.54. The summed E-state index contributed by atoms with van der Waals surface area (Å²) < 4.78 is 5.52. The van der Waals surface area contributed by atoms with Gasteiger partial charge in [-0.15, -0.1) is 0 Å². The molecule has 1 aliphatic rings. The van der Waals surface area contributed by atoms with E-state index in [0.29, 0.717) is 6.10 Å². The van der Waals surface area contributed by atoms with Crippen LogP contribution in [0.5, 0.6) is 0 Å². The van der Waals surface area contributed by atoms with Crippen LogP contribution >= 0.6 is 0 Å². The Bertz CT molecular complexity index is 286. The second kappa shape index (κ2) is 5.29. The molecule has 1 fully saturated rings. The Morgan fingerprint density at radius 2 is 2.13 bits per heavy atom. The Kier molecular flexibility index (Phi) is 3.75. The number of hydrogen-bond acceptors (Lipinski definition) is 2. The molecule has 2 rings (SSSR count). The predicted molar refractivity (Wildman–Crippen MR) is 62.0 cm³/mol. The normalized spacial score (nSPS) is 22.9. The van der Waals surface area contributed by atoms with Crippen molar-refractivity contribution in [2.45, 2.75) is 19.4 Å². The average molecular weight is 205 g/mol. The van der Waals surface area contributed by atoms with Crippen LogP contribution < -0.4 is 0 Å². The van der Waals surface area contributed by atoms with Gasteiger partial charge in [0.15, 0.2) is 0 Å². The highest BCUT2D eigenvalue weighted by molar-refractivity contribution is 5.14. The first-order valence-corrected chi connectivity index (χ1v) is 5.72. The van der Waals surface area contributed by atoms with Gasteiger partial charge in [0, 0.05) is 19.6 Å². The fraction of sp³-hybridized carbons (Fsp3) is 0.538. The first kappa shape index (κ1) is 10.7. The average Bonchev–Trinajstić information content (AvgIpc) is 2.28. The summed E-state index contributed by atoms with van der Waals surface area (Å²) in [5.41, 5.74) is 1.43. The van der Waals surface area contributed by atoms with Gasteiger partial charge in [-0.2, -0.15) is 0 Å². The number of hydrogen-bond donors (Lipinski definition) is 0. The lowest BCUT2D eigenvalue weighted by Crippen LogP contribution is -2.41. The van der Waals surface area contributed by atoms with Crippen LogP contribution in [0.15, 0.2) is 30.3 Å². The summed E-state index contributed by atoms with van der Waals surface area (Å²) >= 11 is 0. The monoisotopic (exact) mass is 205 g/mol. The Morgan fingerprint density at radius 3 is 2.87 bits per heavy atom. The topological polar surface area (TPSA) is 12.5 Å². The van der Waals surface area contributed by atoms with Crippen LogP contribution in [0.25, 0.3) is 0 Å². The molecule has 0 radical (unpaired) electrons. The molecule has 0 saturated carbocycles. The zero-order valence-electron chi connectivity index (χ0n) is 9.36. The van der Waals surface area contributed by atoms with Crippen molar-refractivity contribution in [3.05, 3.63) is 35.9 Å². The van der Waals surface area contributed by atoms with E-state index >= 15 is 0 Å². The molecule has 0 aromatic heterocycles. The number of benzene rings is 1. The first-order valence-electron chi connectivity index (χ1n) is 5.72. The van der Waals surface area contributed by atoms with E-state index in [-0.39, 0.29) is 0 Å². The lowest BCUT2D eigenvalue weighted by atomic mass is 10.1. The maximum absolute atomic E-state index is 5.52. The molecular formula is C13H19NO. The van der Waals surface area contributed by atoms with Crippen LogP contribution in [0.4, 0.5) is 0 Å². The zero-order chi connectivity index (χ0) is 10.5. The van der Waals surface area contributed by atoms with Crippen molar-refractivity contribution in [1.29, 1.82) is 0 Å². The number of ether oxygens (including phenoxy) is 1. The Morgan fingerprint density at radius 1 is 1.33 bits per heavy atom. The molecule has 1 saturated heterocycles. The molecule has 0 bridgehead atoms. The summed E-state index contributed by atoms with van der Waals surface area (Å²) in [4.78, 5) is 2.49. The molecule has 2 nitrogen and oxygen atoms in total. The van der Waals surface area contributed by atoms with Gasteiger partial charge < -0.3 is 4.74 Å². The van der Waals surface area contributed by atoms with Crippen molar-refractivity contribution in [2.24, 2.45) is 0 Å². The van der Waals surface area contributed by atoms with Gasteiger partial charge in [0.25, 0.3) is 0 Å². The van der Waals surface area contributed by atoms with Crippen LogP contribution in [-0.4, -0.2) is 37.2 Å². The third kappa shape index (κ3) is 3.33. The second-order valence-corrected chi connectivity index (χ2v) is 4.22. The zero-order valence-corrected chi connectivity index (χ0v) is 9.36. The molecule has 2 heteroatoms. The van der Waals surface area contributed by atoms with Gasteiger partial charge in [-0.25, -0.2) is 0 Å². The highest BCUT2D eigenvalue weighted by Crippen LogP contribution is 2.06. The third-order valence-electron chi connectivity index (χ3n) is 2.88. The van der Waals surface area contributed by atoms with Crippen molar-refractivity contribution < 1.29 is 4.74 Å². The number of rotatable bonds is 3. The van der Waals surface area contributed by atoms with Gasteiger partial charge in [-0.05, 0) is 18.9 Å². The van der Waals surface area contributed by atoms with Gasteiger partial charge in [-0.1, -0.05) is 30.3 Å². The van der Waals surface area contributed by atoms with E-state index in [0.717, 1.165) is 32.7 Å². The molecule has 15 heavy (non-hydrogen) atoms. The minimum absolute atomic E-state index is 0.398. The van der Waals surface area contributed by atoms with E-state index in [1.54, 1.807) is 0 Å². The molecule has 0 unspecified atom stereocenters. The van der Waals surface area contributed by atoms with Crippen LogP contribution in [-0.2, 0) is 11.2 Å². The van der Waals surface area contributed by atoms with E-state index in [1.807, 2.05) is 0 Å². The fourth-order valence-corrected chi connectivity index (χ4v) is 2.03. The first-order chi connectivity index (χ1) is 7.34. The maximum Gasteiger partial charge on any atom is 0.0674 e. The highest BCUT2D eigenvalue weighted by Gasteiger charge is 2.15. The smallest absolute Gasteiger partial charge is 0.0674 e. The molecular weight excluding hydrogens is 186 g/mol. The van der Waals surface area contributed by atoms with E-state index in [1.165, 1.54) is 5.56 Å². The van der Waals surface area contributed by atoms with Crippen LogP contribution in [0, 0.1) is 0 Å². The van der Waals surface area contributed by atoms with Gasteiger partial charge in [0.1, 0.15) is 0 Å². The summed E-state index contributed by atoms with van der Waals surface area (Å²) in [6, 6.07) is 10.7. The van der Waals surface area contributed by atoms with Crippen LogP contribution in [0.3, 0.4) is 0 Å². The highest BCUT2D eigenvalue weighted by atomic mass is 16.5. The summed E-state index contributed by atoms with van der Waals surface area (Å²) in [5, 5.41) is 0. The largest absolute Gasteiger partial charge is 0.376 e. The van der Waals surface area contributed by atoms with Crippen molar-refractivity contribution in [3.63, 3.8) is 0 Å². The molecule has 1 aliphatic heterocycles. The molecule has 0 spiro atoms. The molecule has 0 N–H and O–H groups in total. The summed E-state index contributed by atoms with van der Waals surface area (Å²) in [7, 11) is 0. The minimum Gasteiger partial charge on any atom is -0.376 e. The van der Waals surface area contributed by atoms with Crippen molar-refractivity contribution in [1.82, 2.24) is 4.90 Å². The minimum atomic E-state index is 0.398. The Hall–Kier alpha value is -0.860. The summed E-state index contributed by atoms with van der Waals surface area (Å²) in [5.74, 6) is 0. The lowest BCUT2D eigenvalue weighted by molar-refractivity contribution is -0.0177. The molecule has 1 aromatic carbocycles. The molecule has 1 heterocycles. The van der Waals surface area contributed by atoms with Crippen molar-refractivity contribution in [3.8, 4) is 0 Å². The second-order valence-electron chi connectivity index (χ2n) is 4.22. The summed E-state index contributed by atoms with van der Waals surface area (Å²) in [6.45, 7) is 6.34. The van der Waals surface area contributed by atoms with Crippen LogP contribution in [0.1, 0.15) is 12.5 Å². The van der Waals surface area contributed by atoms with Gasteiger partial charge in [-0.3, -0.25) is 4.90 Å². The van der Waals surface area contributed by atoms with Crippen molar-refractivity contribution in [2.75, 3.05) is 26.2 Å². The molecule has 0 amide bonds. The fourth-order valence-electron chi connectivity index (χ4n) is 2.03. The predicted octanol–water partition coefficient (Wildman–Crippen LogP) is 1.95. The SMILES string of the molecule is C[C@@H]1CN(CCc2ccccc2)CCO1. The lowest BCUT2D eigenvalue weighted by Gasteiger charge is -2.31. The molecule has 82 valence electrons. The third-order valence-corrected chi connectivity index (χ3v) is 2.88.